The first-order chi connectivity index (χ1) is 8.01. The van der Waals surface area contributed by atoms with Crippen LogP contribution in [0.5, 0.6) is 0 Å². The second-order valence-electron chi connectivity index (χ2n) is 4.72. The van der Waals surface area contributed by atoms with E-state index >= 15 is 0 Å². The Labute approximate surface area is 113 Å². The first-order valence-electron chi connectivity index (χ1n) is 6.42. The van der Waals surface area contributed by atoms with Crippen LogP contribution in [0.1, 0.15) is 38.6 Å². The molecule has 17 heavy (non-hydrogen) atoms. The lowest BCUT2D eigenvalue weighted by Crippen LogP contribution is -2.37. The molecule has 0 aliphatic carbocycles. The minimum atomic E-state index is 0.524. The molecule has 1 aromatic heterocycles. The minimum absolute atomic E-state index is 0.524. The van der Waals surface area contributed by atoms with Gasteiger partial charge in [-0.25, -0.2) is 0 Å². The molecule has 4 heteroatoms. The molecule has 1 aromatic rings. The van der Waals surface area contributed by atoms with Crippen LogP contribution in [0.2, 0.25) is 0 Å². The molecule has 0 radical (unpaired) electrons. The molecule has 0 aliphatic rings. The molecule has 0 bridgehead atoms. The van der Waals surface area contributed by atoms with Gasteiger partial charge in [0.2, 0.25) is 0 Å². The Balaban J connectivity index is 2.85. The molecular weight excluding hydrogens is 278 g/mol. The smallest absolute Gasteiger partial charge is 0.0738 e. The molecule has 1 N–H and O–H groups in total. The average molecular weight is 302 g/mol. The lowest BCUT2D eigenvalue weighted by atomic mass is 9.95. The normalized spacial score (nSPS) is 14.9. The average Bonchev–Trinajstić information content (AvgIpc) is 2.54. The highest BCUT2D eigenvalue weighted by molar-refractivity contribution is 9.10. The second-order valence-corrected chi connectivity index (χ2v) is 5.52. The lowest BCUT2D eigenvalue weighted by molar-refractivity contribution is 0.364. The van der Waals surface area contributed by atoms with E-state index in [4.69, 9.17) is 0 Å². The summed E-state index contributed by atoms with van der Waals surface area (Å²) >= 11 is 3.64. The number of nitrogens with one attached hydrogen (secondary N) is 1. The Morgan fingerprint density at radius 3 is 2.47 bits per heavy atom. The van der Waals surface area contributed by atoms with Crippen LogP contribution in [0.4, 0.5) is 0 Å². The van der Waals surface area contributed by atoms with Gasteiger partial charge in [0.05, 0.1) is 15.9 Å². The van der Waals surface area contributed by atoms with Crippen molar-refractivity contribution >= 4 is 15.9 Å². The van der Waals surface area contributed by atoms with Crippen molar-refractivity contribution in [2.24, 2.45) is 13.0 Å². The Hall–Kier alpha value is -0.350. The fourth-order valence-electron chi connectivity index (χ4n) is 2.13. The molecule has 0 saturated carbocycles. The summed E-state index contributed by atoms with van der Waals surface area (Å²) in [5, 5.41) is 8.03. The number of likely N-dealkylation sites (N-methyl/N-ethyl adjacent to an activating group) is 1. The van der Waals surface area contributed by atoms with Gasteiger partial charge in [0.25, 0.3) is 0 Å². The molecule has 0 amide bonds. The molecule has 0 aliphatic heterocycles. The van der Waals surface area contributed by atoms with Crippen molar-refractivity contribution in [2.45, 2.75) is 46.6 Å². The number of aryl methyl sites for hydroxylation is 2. The van der Waals surface area contributed by atoms with Crippen LogP contribution in [-0.4, -0.2) is 22.4 Å². The van der Waals surface area contributed by atoms with E-state index in [-0.39, 0.29) is 0 Å². The second kappa shape index (κ2) is 6.55. The number of nitrogens with zero attached hydrogens (tertiary/aromatic N) is 2. The molecule has 1 rings (SSSR count). The first-order valence-corrected chi connectivity index (χ1v) is 7.21. The summed E-state index contributed by atoms with van der Waals surface area (Å²) < 4.78 is 3.15. The third kappa shape index (κ3) is 3.55. The maximum atomic E-state index is 4.45. The monoisotopic (exact) mass is 301 g/mol. The Kier molecular flexibility index (Phi) is 5.67. The number of halogens is 1. The van der Waals surface area contributed by atoms with Crippen molar-refractivity contribution in [3.05, 3.63) is 15.9 Å². The van der Waals surface area contributed by atoms with Crippen LogP contribution in [-0.2, 0) is 13.5 Å². The molecule has 3 nitrogen and oxygen atoms in total. The molecule has 0 aromatic carbocycles. The van der Waals surface area contributed by atoms with Crippen molar-refractivity contribution in [1.29, 1.82) is 0 Å². The van der Waals surface area contributed by atoms with Gasteiger partial charge in [-0.1, -0.05) is 27.2 Å². The van der Waals surface area contributed by atoms with Gasteiger partial charge in [0, 0.05) is 19.5 Å². The zero-order valence-electron chi connectivity index (χ0n) is 11.5. The van der Waals surface area contributed by atoms with Crippen LogP contribution in [0.25, 0.3) is 0 Å². The van der Waals surface area contributed by atoms with Crippen LogP contribution in [0.15, 0.2) is 4.47 Å². The standard InChI is InChI=1S/C13H24BrN3/c1-6-9(3)11(15-7-2)8-12-13(14)10(4)16-17(12)5/h9,11,15H,6-8H2,1-5H3. The minimum Gasteiger partial charge on any atom is -0.314 e. The molecule has 0 spiro atoms. The summed E-state index contributed by atoms with van der Waals surface area (Å²) in [7, 11) is 2.02. The first kappa shape index (κ1) is 14.7. The number of hydrogen-bond donors (Lipinski definition) is 1. The van der Waals surface area contributed by atoms with Crippen LogP contribution >= 0.6 is 15.9 Å². The van der Waals surface area contributed by atoms with Gasteiger partial charge < -0.3 is 5.32 Å². The predicted molar refractivity (Wildman–Crippen MR) is 76.3 cm³/mol. The van der Waals surface area contributed by atoms with Crippen molar-refractivity contribution in [3.63, 3.8) is 0 Å². The zero-order valence-corrected chi connectivity index (χ0v) is 13.1. The molecule has 2 atom stereocenters. The van der Waals surface area contributed by atoms with E-state index in [2.05, 4.69) is 47.1 Å². The van der Waals surface area contributed by atoms with E-state index < -0.39 is 0 Å². The lowest BCUT2D eigenvalue weighted by Gasteiger charge is -2.24. The molecule has 0 fully saturated rings. The highest BCUT2D eigenvalue weighted by Crippen LogP contribution is 2.23. The van der Waals surface area contributed by atoms with Crippen LogP contribution < -0.4 is 5.32 Å². The molecule has 98 valence electrons. The van der Waals surface area contributed by atoms with Crippen molar-refractivity contribution in [2.75, 3.05) is 6.54 Å². The van der Waals surface area contributed by atoms with E-state index in [0.717, 1.165) is 23.1 Å². The van der Waals surface area contributed by atoms with Gasteiger partial charge in [0.1, 0.15) is 0 Å². The third-order valence-electron chi connectivity index (χ3n) is 3.47. The summed E-state index contributed by atoms with van der Waals surface area (Å²) in [5.74, 6) is 0.678. The molecular formula is C13H24BrN3. The van der Waals surface area contributed by atoms with Crippen LogP contribution in [0, 0.1) is 12.8 Å². The van der Waals surface area contributed by atoms with Crippen LogP contribution in [0.3, 0.4) is 0 Å². The number of aromatic nitrogens is 2. The fourth-order valence-corrected chi connectivity index (χ4v) is 2.63. The molecule has 0 saturated heterocycles. The van der Waals surface area contributed by atoms with Crippen molar-refractivity contribution in [3.8, 4) is 0 Å². The summed E-state index contributed by atoms with van der Waals surface area (Å²) in [6.07, 6.45) is 2.23. The SMILES string of the molecule is CCNC(Cc1c(Br)c(C)nn1C)C(C)CC. The summed E-state index contributed by atoms with van der Waals surface area (Å²) in [5.41, 5.74) is 2.36. The van der Waals surface area contributed by atoms with Gasteiger partial charge in [-0.3, -0.25) is 4.68 Å². The largest absolute Gasteiger partial charge is 0.314 e. The number of hydrogen-bond acceptors (Lipinski definition) is 2. The quantitative estimate of drug-likeness (QED) is 0.875. The van der Waals surface area contributed by atoms with E-state index in [9.17, 15) is 0 Å². The maximum Gasteiger partial charge on any atom is 0.0738 e. The molecule has 1 heterocycles. The topological polar surface area (TPSA) is 29.9 Å². The van der Waals surface area contributed by atoms with Gasteiger partial charge in [-0.15, -0.1) is 0 Å². The van der Waals surface area contributed by atoms with E-state index in [1.165, 1.54) is 12.1 Å². The van der Waals surface area contributed by atoms with E-state index in [1.54, 1.807) is 0 Å². The van der Waals surface area contributed by atoms with Gasteiger partial charge in [0.15, 0.2) is 0 Å². The summed E-state index contributed by atoms with van der Waals surface area (Å²) in [4.78, 5) is 0. The van der Waals surface area contributed by atoms with Gasteiger partial charge in [-0.2, -0.15) is 5.10 Å². The van der Waals surface area contributed by atoms with Gasteiger partial charge >= 0.3 is 0 Å². The zero-order chi connectivity index (χ0) is 13.0. The Morgan fingerprint density at radius 2 is 2.06 bits per heavy atom. The summed E-state index contributed by atoms with van der Waals surface area (Å²) in [6.45, 7) is 9.78. The molecule has 2 unspecified atom stereocenters. The van der Waals surface area contributed by atoms with Crippen molar-refractivity contribution in [1.82, 2.24) is 15.1 Å². The Bertz CT molecular complexity index is 360. The fraction of sp³-hybridized carbons (Fsp3) is 0.769. The van der Waals surface area contributed by atoms with E-state index in [1.807, 2.05) is 18.7 Å². The highest BCUT2D eigenvalue weighted by atomic mass is 79.9. The number of rotatable bonds is 6. The van der Waals surface area contributed by atoms with Crippen molar-refractivity contribution < 1.29 is 0 Å². The predicted octanol–water partition coefficient (Wildman–Crippen LogP) is 3.06. The third-order valence-corrected chi connectivity index (χ3v) is 4.50. The summed E-state index contributed by atoms with van der Waals surface area (Å²) in [6, 6.07) is 0.524. The van der Waals surface area contributed by atoms with E-state index in [0.29, 0.717) is 12.0 Å². The Morgan fingerprint density at radius 1 is 1.41 bits per heavy atom. The maximum absolute atomic E-state index is 4.45. The highest BCUT2D eigenvalue weighted by Gasteiger charge is 2.19. The van der Waals surface area contributed by atoms with Gasteiger partial charge in [-0.05, 0) is 35.3 Å².